The zero-order valence-corrected chi connectivity index (χ0v) is 23.5. The lowest BCUT2D eigenvalue weighted by Gasteiger charge is -2.12. The van der Waals surface area contributed by atoms with Crippen molar-refractivity contribution in [3.05, 3.63) is 83.2 Å². The number of para-hydroxylation sites is 2. The number of benzene rings is 3. The number of hydrogen-bond donors (Lipinski definition) is 1. The van der Waals surface area contributed by atoms with Gasteiger partial charge in [0.2, 0.25) is 5.91 Å². The molecule has 0 saturated heterocycles. The molecule has 39 heavy (non-hydrogen) atoms. The Hall–Kier alpha value is -4.00. The molecule has 206 valence electrons. The number of amides is 1. The molecule has 3 aromatic carbocycles. The molecule has 7 nitrogen and oxygen atoms in total. The molecular formula is C32H39N3O4. The maximum absolute atomic E-state index is 12.4. The summed E-state index contributed by atoms with van der Waals surface area (Å²) in [7, 11) is 3.19. The molecular weight excluding hydrogens is 490 g/mol. The molecule has 4 aromatic rings. The average Bonchev–Trinajstić information content (AvgIpc) is 3.29. The van der Waals surface area contributed by atoms with Gasteiger partial charge in [-0.1, -0.05) is 30.7 Å². The van der Waals surface area contributed by atoms with Gasteiger partial charge in [-0.15, -0.1) is 0 Å². The molecule has 0 aliphatic carbocycles. The number of nitrogens with one attached hydrogen (secondary N) is 1. The standard InChI is InChI=1S/C32H39N3O4/c1-23-13-15-26(20-24(23)2)39-19-18-35-28-11-8-7-10-27(28)34-31(35)12-6-5-9-17-33-32(36)22-25-14-16-29(37-3)30(21-25)38-4/h7-8,10-11,13-16,20-21H,5-6,9,12,17-19,22H2,1-4H3,(H,33,36). The van der Waals surface area contributed by atoms with Crippen LogP contribution in [0.1, 0.15) is 41.8 Å². The van der Waals surface area contributed by atoms with Crippen LogP contribution in [-0.4, -0.2) is 42.8 Å². The number of aromatic nitrogens is 2. The Kier molecular flexibility index (Phi) is 9.84. The molecule has 1 heterocycles. The second-order valence-corrected chi connectivity index (χ2v) is 9.79. The molecule has 0 radical (unpaired) electrons. The third-order valence-electron chi connectivity index (χ3n) is 7.01. The lowest BCUT2D eigenvalue weighted by Crippen LogP contribution is -2.26. The van der Waals surface area contributed by atoms with E-state index >= 15 is 0 Å². The summed E-state index contributed by atoms with van der Waals surface area (Å²) in [5.41, 5.74) is 5.55. The van der Waals surface area contributed by atoms with E-state index in [0.29, 0.717) is 31.1 Å². The van der Waals surface area contributed by atoms with E-state index in [9.17, 15) is 4.79 Å². The molecule has 0 saturated carbocycles. The van der Waals surface area contributed by atoms with Gasteiger partial charge in [0.15, 0.2) is 11.5 Å². The van der Waals surface area contributed by atoms with Crippen molar-refractivity contribution in [1.82, 2.24) is 14.9 Å². The minimum absolute atomic E-state index is 0.00721. The van der Waals surface area contributed by atoms with E-state index in [0.717, 1.165) is 60.4 Å². The smallest absolute Gasteiger partial charge is 0.224 e. The third kappa shape index (κ3) is 7.53. The maximum Gasteiger partial charge on any atom is 0.224 e. The van der Waals surface area contributed by atoms with Crippen LogP contribution in [0, 0.1) is 13.8 Å². The van der Waals surface area contributed by atoms with Gasteiger partial charge >= 0.3 is 0 Å². The summed E-state index contributed by atoms with van der Waals surface area (Å²) in [5.74, 6) is 3.28. The molecule has 0 spiro atoms. The van der Waals surface area contributed by atoms with Gasteiger partial charge in [-0.3, -0.25) is 4.79 Å². The van der Waals surface area contributed by atoms with Crippen LogP contribution in [0.5, 0.6) is 17.2 Å². The summed E-state index contributed by atoms with van der Waals surface area (Å²) in [6.45, 7) is 6.20. The van der Waals surface area contributed by atoms with Crippen molar-refractivity contribution in [2.45, 2.75) is 52.5 Å². The van der Waals surface area contributed by atoms with Crippen molar-refractivity contribution >= 4 is 16.9 Å². The molecule has 0 bridgehead atoms. The van der Waals surface area contributed by atoms with Gasteiger partial charge in [-0.2, -0.15) is 0 Å². The van der Waals surface area contributed by atoms with Gasteiger partial charge < -0.3 is 24.1 Å². The van der Waals surface area contributed by atoms with Crippen molar-refractivity contribution in [3.8, 4) is 17.2 Å². The van der Waals surface area contributed by atoms with E-state index in [4.69, 9.17) is 19.2 Å². The van der Waals surface area contributed by atoms with Gasteiger partial charge in [0, 0.05) is 13.0 Å². The maximum atomic E-state index is 12.4. The van der Waals surface area contributed by atoms with Crippen molar-refractivity contribution in [2.24, 2.45) is 0 Å². The van der Waals surface area contributed by atoms with E-state index in [2.05, 4.69) is 54.1 Å². The van der Waals surface area contributed by atoms with Crippen molar-refractivity contribution in [2.75, 3.05) is 27.4 Å². The number of imidazole rings is 1. The second-order valence-electron chi connectivity index (χ2n) is 9.79. The van der Waals surface area contributed by atoms with E-state index < -0.39 is 0 Å². The quantitative estimate of drug-likeness (QED) is 0.208. The summed E-state index contributed by atoms with van der Waals surface area (Å²) < 4.78 is 18.9. The first-order valence-corrected chi connectivity index (χ1v) is 13.6. The summed E-state index contributed by atoms with van der Waals surface area (Å²) in [6.07, 6.45) is 4.15. The van der Waals surface area contributed by atoms with Gasteiger partial charge in [-0.05, 0) is 79.8 Å². The highest BCUT2D eigenvalue weighted by molar-refractivity contribution is 5.78. The number of carbonyl (C=O) groups excluding carboxylic acids is 1. The summed E-state index contributed by atoms with van der Waals surface area (Å²) in [6, 6.07) is 20.0. The molecule has 1 N–H and O–H groups in total. The largest absolute Gasteiger partial charge is 0.493 e. The fourth-order valence-corrected chi connectivity index (χ4v) is 4.68. The van der Waals surface area contributed by atoms with Crippen LogP contribution < -0.4 is 19.5 Å². The molecule has 0 aliphatic heterocycles. The van der Waals surface area contributed by atoms with E-state index in [-0.39, 0.29) is 5.91 Å². The molecule has 0 atom stereocenters. The van der Waals surface area contributed by atoms with Crippen LogP contribution in [0.4, 0.5) is 0 Å². The number of unbranched alkanes of at least 4 members (excludes halogenated alkanes) is 2. The number of aryl methyl sites for hydroxylation is 3. The second kappa shape index (κ2) is 13.7. The Balaban J connectivity index is 1.23. The summed E-state index contributed by atoms with van der Waals surface area (Å²) in [5, 5.41) is 3.03. The van der Waals surface area contributed by atoms with Crippen LogP contribution in [0.25, 0.3) is 11.0 Å². The lowest BCUT2D eigenvalue weighted by atomic mass is 10.1. The molecule has 1 aromatic heterocycles. The molecule has 1 amide bonds. The average molecular weight is 530 g/mol. The minimum Gasteiger partial charge on any atom is -0.493 e. The number of ether oxygens (including phenoxy) is 3. The fourth-order valence-electron chi connectivity index (χ4n) is 4.68. The van der Waals surface area contributed by atoms with E-state index in [1.165, 1.54) is 11.1 Å². The van der Waals surface area contributed by atoms with Gasteiger partial charge in [-0.25, -0.2) is 4.98 Å². The fraction of sp³-hybridized carbons (Fsp3) is 0.375. The molecule has 0 aliphatic rings. The van der Waals surface area contributed by atoms with Gasteiger partial charge in [0.1, 0.15) is 18.2 Å². The number of methoxy groups -OCH3 is 2. The highest BCUT2D eigenvalue weighted by atomic mass is 16.5. The topological polar surface area (TPSA) is 74.6 Å². The monoisotopic (exact) mass is 529 g/mol. The SMILES string of the molecule is COc1ccc(CC(=O)NCCCCCc2nc3ccccc3n2CCOc2ccc(C)c(C)c2)cc1OC. The number of fused-ring (bicyclic) bond motifs is 1. The van der Waals surface area contributed by atoms with Crippen LogP contribution in [0.15, 0.2) is 60.7 Å². The Morgan fingerprint density at radius 1 is 0.897 bits per heavy atom. The third-order valence-corrected chi connectivity index (χ3v) is 7.01. The number of carbonyl (C=O) groups is 1. The van der Waals surface area contributed by atoms with Gasteiger partial charge in [0.25, 0.3) is 0 Å². The predicted octanol–water partition coefficient (Wildman–Crippen LogP) is 5.82. The first-order valence-electron chi connectivity index (χ1n) is 13.6. The molecule has 0 unspecified atom stereocenters. The Labute approximate surface area is 231 Å². The van der Waals surface area contributed by atoms with Crippen LogP contribution in [-0.2, 0) is 24.2 Å². The first kappa shape index (κ1) is 28.0. The number of rotatable bonds is 14. The first-order chi connectivity index (χ1) is 19.0. The minimum atomic E-state index is 0.00721. The zero-order valence-electron chi connectivity index (χ0n) is 23.5. The normalized spacial score (nSPS) is 11.0. The number of nitrogens with zero attached hydrogens (tertiary/aromatic N) is 2. The van der Waals surface area contributed by atoms with Gasteiger partial charge in [0.05, 0.1) is 38.2 Å². The Morgan fingerprint density at radius 2 is 1.72 bits per heavy atom. The zero-order chi connectivity index (χ0) is 27.6. The van der Waals surface area contributed by atoms with Crippen LogP contribution >= 0.6 is 0 Å². The molecule has 0 fully saturated rings. The highest BCUT2D eigenvalue weighted by Crippen LogP contribution is 2.27. The van der Waals surface area contributed by atoms with Crippen molar-refractivity contribution in [1.29, 1.82) is 0 Å². The van der Waals surface area contributed by atoms with Crippen LogP contribution in [0.2, 0.25) is 0 Å². The Bertz CT molecular complexity index is 1400. The predicted molar refractivity (Wildman–Crippen MR) is 155 cm³/mol. The summed E-state index contributed by atoms with van der Waals surface area (Å²) in [4.78, 5) is 17.3. The highest BCUT2D eigenvalue weighted by Gasteiger charge is 2.11. The van der Waals surface area contributed by atoms with Crippen molar-refractivity contribution < 1.29 is 19.0 Å². The molecule has 4 rings (SSSR count). The van der Waals surface area contributed by atoms with Crippen LogP contribution in [0.3, 0.4) is 0 Å². The van der Waals surface area contributed by atoms with Crippen molar-refractivity contribution in [3.63, 3.8) is 0 Å². The Morgan fingerprint density at radius 3 is 2.51 bits per heavy atom. The number of hydrogen-bond acceptors (Lipinski definition) is 5. The molecule has 7 heteroatoms. The van der Waals surface area contributed by atoms with E-state index in [1.807, 2.05) is 30.3 Å². The summed E-state index contributed by atoms with van der Waals surface area (Å²) >= 11 is 0. The van der Waals surface area contributed by atoms with E-state index in [1.54, 1.807) is 14.2 Å². The lowest BCUT2D eigenvalue weighted by molar-refractivity contribution is -0.120.